The molecule has 6 rings (SSSR count). The standard InChI is InChI=1S/C29H32FN5O4/c1-18-5-8-25(27(36)32-18)35-28(37)22-3-2-4-24(26(22)29(35)38)31-14-20-7-6-19(13-23(20)30)15-33-16-21(17-33)34-9-11-39-12-10-34/h2-4,6-7,13,21,25,31H,1,5,8-12,14-17H2,(H,32,36)/t25-/m0/s1. The van der Waals surface area contributed by atoms with Crippen molar-refractivity contribution in [3.63, 3.8) is 0 Å². The number of amides is 3. The highest BCUT2D eigenvalue weighted by Gasteiger charge is 2.45. The molecular formula is C29H32FN5O4. The van der Waals surface area contributed by atoms with Crippen LogP contribution in [-0.4, -0.2) is 83.9 Å². The molecule has 3 fully saturated rings. The van der Waals surface area contributed by atoms with Gasteiger partial charge in [-0.2, -0.15) is 0 Å². The minimum Gasteiger partial charge on any atom is -0.380 e. The summed E-state index contributed by atoms with van der Waals surface area (Å²) in [7, 11) is 0. The number of carbonyl (C=O) groups excluding carboxylic acids is 3. The summed E-state index contributed by atoms with van der Waals surface area (Å²) in [5, 5.41) is 5.77. The normalized spacial score (nSPS) is 22.6. The van der Waals surface area contributed by atoms with Crippen molar-refractivity contribution < 1.29 is 23.5 Å². The van der Waals surface area contributed by atoms with Crippen molar-refractivity contribution in [2.24, 2.45) is 0 Å². The second-order valence-corrected chi connectivity index (χ2v) is 10.6. The van der Waals surface area contributed by atoms with Crippen molar-refractivity contribution >= 4 is 23.4 Å². The predicted molar refractivity (Wildman–Crippen MR) is 142 cm³/mol. The van der Waals surface area contributed by atoms with E-state index in [1.165, 1.54) is 0 Å². The maximum atomic E-state index is 15.0. The maximum Gasteiger partial charge on any atom is 0.264 e. The number of nitrogens with zero attached hydrogens (tertiary/aromatic N) is 3. The molecule has 0 spiro atoms. The molecule has 39 heavy (non-hydrogen) atoms. The monoisotopic (exact) mass is 533 g/mol. The lowest BCUT2D eigenvalue weighted by atomic mass is 10.0. The number of benzene rings is 2. The van der Waals surface area contributed by atoms with Gasteiger partial charge < -0.3 is 15.4 Å². The SMILES string of the molecule is C=C1CC[C@H](N2C(=O)c3cccc(NCc4ccc(CN5CC(N6CCOCC6)C5)cc4F)c3C2=O)C(=O)N1. The Morgan fingerprint density at radius 1 is 1.08 bits per heavy atom. The fraction of sp³-hybridized carbons (Fsp3) is 0.414. The first-order valence-corrected chi connectivity index (χ1v) is 13.4. The maximum absolute atomic E-state index is 15.0. The Balaban J connectivity index is 1.09. The molecule has 3 saturated heterocycles. The Labute approximate surface area is 226 Å². The summed E-state index contributed by atoms with van der Waals surface area (Å²) in [5.74, 6) is -1.75. The van der Waals surface area contributed by atoms with Gasteiger partial charge in [0.15, 0.2) is 0 Å². The van der Waals surface area contributed by atoms with Crippen LogP contribution in [0.15, 0.2) is 48.7 Å². The van der Waals surface area contributed by atoms with Crippen LogP contribution in [-0.2, 0) is 22.6 Å². The third-order valence-corrected chi connectivity index (χ3v) is 8.07. The average Bonchev–Trinajstić information content (AvgIpc) is 3.16. The van der Waals surface area contributed by atoms with Crippen LogP contribution in [0.2, 0.25) is 0 Å². The van der Waals surface area contributed by atoms with Gasteiger partial charge in [0.25, 0.3) is 11.8 Å². The number of hydrogen-bond donors (Lipinski definition) is 2. The zero-order valence-corrected chi connectivity index (χ0v) is 21.7. The van der Waals surface area contributed by atoms with E-state index in [0.29, 0.717) is 42.4 Å². The van der Waals surface area contributed by atoms with E-state index in [1.54, 1.807) is 30.3 Å². The van der Waals surface area contributed by atoms with Gasteiger partial charge in [0, 0.05) is 62.3 Å². The van der Waals surface area contributed by atoms with E-state index in [9.17, 15) is 14.4 Å². The van der Waals surface area contributed by atoms with Gasteiger partial charge in [0.05, 0.1) is 24.3 Å². The molecule has 2 aromatic rings. The lowest BCUT2D eigenvalue weighted by Crippen LogP contribution is -2.60. The number of piperidine rings is 1. The molecule has 4 aliphatic heterocycles. The molecule has 204 valence electrons. The van der Waals surface area contributed by atoms with E-state index in [2.05, 4.69) is 27.0 Å². The molecule has 1 atom stereocenters. The number of rotatable bonds is 7. The Hall–Kier alpha value is -3.60. The third-order valence-electron chi connectivity index (χ3n) is 8.07. The number of halogens is 1. The van der Waals surface area contributed by atoms with E-state index >= 15 is 4.39 Å². The van der Waals surface area contributed by atoms with Gasteiger partial charge in [-0.25, -0.2) is 4.39 Å². The zero-order valence-electron chi connectivity index (χ0n) is 21.7. The van der Waals surface area contributed by atoms with Crippen molar-refractivity contribution in [3.8, 4) is 0 Å². The second kappa shape index (κ2) is 10.5. The number of carbonyl (C=O) groups is 3. The molecule has 0 unspecified atom stereocenters. The van der Waals surface area contributed by atoms with E-state index in [4.69, 9.17) is 4.74 Å². The first-order chi connectivity index (χ1) is 18.9. The van der Waals surface area contributed by atoms with E-state index in [1.807, 2.05) is 6.07 Å². The largest absolute Gasteiger partial charge is 0.380 e. The molecule has 0 radical (unpaired) electrons. The highest BCUT2D eigenvalue weighted by atomic mass is 19.1. The van der Waals surface area contributed by atoms with Gasteiger partial charge in [0.2, 0.25) is 5.91 Å². The number of ether oxygens (including phenoxy) is 1. The first kappa shape index (κ1) is 25.7. The van der Waals surface area contributed by atoms with Gasteiger partial charge in [-0.3, -0.25) is 29.1 Å². The Kier molecular flexibility index (Phi) is 6.92. The van der Waals surface area contributed by atoms with Crippen LogP contribution in [0, 0.1) is 5.82 Å². The van der Waals surface area contributed by atoms with E-state index in [-0.39, 0.29) is 23.5 Å². The summed E-state index contributed by atoms with van der Waals surface area (Å²) in [5.41, 5.74) is 2.84. The number of allylic oxidation sites excluding steroid dienone is 1. The predicted octanol–water partition coefficient (Wildman–Crippen LogP) is 2.34. The Bertz CT molecular complexity index is 1330. The summed E-state index contributed by atoms with van der Waals surface area (Å²) >= 11 is 0. The van der Waals surface area contributed by atoms with Crippen LogP contribution in [0.5, 0.6) is 0 Å². The van der Waals surface area contributed by atoms with E-state index < -0.39 is 23.8 Å². The molecule has 4 aliphatic rings. The molecule has 3 amide bonds. The smallest absolute Gasteiger partial charge is 0.264 e. The Morgan fingerprint density at radius 3 is 2.62 bits per heavy atom. The lowest BCUT2D eigenvalue weighted by molar-refractivity contribution is -0.125. The zero-order chi connectivity index (χ0) is 27.1. The highest BCUT2D eigenvalue weighted by Crippen LogP contribution is 2.33. The molecule has 10 heteroatoms. The van der Waals surface area contributed by atoms with E-state index in [0.717, 1.165) is 49.9 Å². The van der Waals surface area contributed by atoms with Gasteiger partial charge in [0.1, 0.15) is 11.9 Å². The van der Waals surface area contributed by atoms with Gasteiger partial charge in [-0.15, -0.1) is 0 Å². The Morgan fingerprint density at radius 2 is 1.87 bits per heavy atom. The summed E-state index contributed by atoms with van der Waals surface area (Å²) < 4.78 is 20.5. The lowest BCUT2D eigenvalue weighted by Gasteiger charge is -2.46. The van der Waals surface area contributed by atoms with Crippen LogP contribution in [0.4, 0.5) is 10.1 Å². The minimum absolute atomic E-state index is 0.149. The molecule has 9 nitrogen and oxygen atoms in total. The van der Waals surface area contributed by atoms with Gasteiger partial charge in [-0.1, -0.05) is 24.8 Å². The van der Waals surface area contributed by atoms with Crippen LogP contribution in [0.3, 0.4) is 0 Å². The van der Waals surface area contributed by atoms with Crippen molar-refractivity contribution in [2.45, 2.75) is 38.0 Å². The fourth-order valence-corrected chi connectivity index (χ4v) is 5.87. The summed E-state index contributed by atoms with van der Waals surface area (Å²) in [6, 6.07) is 9.88. The van der Waals surface area contributed by atoms with Crippen molar-refractivity contribution in [3.05, 3.63) is 76.7 Å². The molecule has 0 aliphatic carbocycles. The van der Waals surface area contributed by atoms with Crippen LogP contribution in [0.1, 0.15) is 44.7 Å². The summed E-state index contributed by atoms with van der Waals surface area (Å²) in [4.78, 5) is 44.7. The highest BCUT2D eigenvalue weighted by molar-refractivity contribution is 6.25. The number of hydrogen-bond acceptors (Lipinski definition) is 7. The summed E-state index contributed by atoms with van der Waals surface area (Å²) in [6.07, 6.45) is 0.832. The average molecular weight is 534 g/mol. The molecule has 0 bridgehead atoms. The minimum atomic E-state index is -0.878. The molecule has 4 heterocycles. The molecule has 2 N–H and O–H groups in total. The van der Waals surface area contributed by atoms with Crippen molar-refractivity contribution in [1.82, 2.24) is 20.0 Å². The number of fused-ring (bicyclic) bond motifs is 1. The number of morpholine rings is 1. The fourth-order valence-electron chi connectivity index (χ4n) is 5.87. The third kappa shape index (κ3) is 4.95. The summed E-state index contributed by atoms with van der Waals surface area (Å²) in [6.45, 7) is 10.1. The number of likely N-dealkylation sites (tertiary alicyclic amines) is 1. The molecular weight excluding hydrogens is 501 g/mol. The quantitative estimate of drug-likeness (QED) is 0.528. The topological polar surface area (TPSA) is 94.2 Å². The van der Waals surface area contributed by atoms with Crippen LogP contribution in [0.25, 0.3) is 0 Å². The first-order valence-electron chi connectivity index (χ1n) is 13.4. The number of imide groups is 1. The number of anilines is 1. The number of nitrogens with one attached hydrogen (secondary N) is 2. The van der Waals surface area contributed by atoms with Crippen molar-refractivity contribution in [2.75, 3.05) is 44.7 Å². The van der Waals surface area contributed by atoms with Crippen molar-refractivity contribution in [1.29, 1.82) is 0 Å². The van der Waals surface area contributed by atoms with Gasteiger partial charge >= 0.3 is 0 Å². The van der Waals surface area contributed by atoms with Crippen LogP contribution >= 0.6 is 0 Å². The molecule has 2 aromatic carbocycles. The molecule has 0 aromatic heterocycles. The second-order valence-electron chi connectivity index (χ2n) is 10.6. The van der Waals surface area contributed by atoms with Crippen LogP contribution < -0.4 is 10.6 Å². The van der Waals surface area contributed by atoms with Gasteiger partial charge in [-0.05, 0) is 36.6 Å². The molecule has 0 saturated carbocycles.